The predicted octanol–water partition coefficient (Wildman–Crippen LogP) is 1.08. The van der Waals surface area contributed by atoms with Crippen LogP contribution in [-0.4, -0.2) is 67.1 Å². The van der Waals surface area contributed by atoms with Crippen molar-refractivity contribution >= 4 is 11.6 Å². The number of anilines is 1. The molecule has 7 heteroatoms. The number of fused-ring (bicyclic) bond motifs is 3. The predicted molar refractivity (Wildman–Crippen MR) is 100 cm³/mol. The van der Waals surface area contributed by atoms with Crippen molar-refractivity contribution in [3.05, 3.63) is 23.8 Å². The maximum atomic E-state index is 13.7. The Labute approximate surface area is 164 Å². The SMILES string of the molecule is COc1ccc2c(c1)N(OC)C(=O)[C@@]21C[C@H]2[C@H]3CO[C@H]1C[C@H]3[C@@]1([C@H](C)O)CN21. The molecule has 1 aromatic carbocycles. The van der Waals surface area contributed by atoms with Gasteiger partial charge in [0.25, 0.3) is 5.91 Å². The number of benzene rings is 1. The highest BCUT2D eigenvalue weighted by Gasteiger charge is 2.77. The van der Waals surface area contributed by atoms with E-state index in [4.69, 9.17) is 14.3 Å². The molecule has 8 atom stereocenters. The zero-order chi connectivity index (χ0) is 19.4. The van der Waals surface area contributed by atoms with E-state index in [1.54, 1.807) is 7.11 Å². The average Bonchev–Trinajstić information content (AvgIpc) is 3.39. The molecule has 7 rings (SSSR count). The van der Waals surface area contributed by atoms with Gasteiger partial charge in [-0.3, -0.25) is 14.5 Å². The zero-order valence-electron chi connectivity index (χ0n) is 16.4. The smallest absolute Gasteiger partial charge is 0.264 e. The molecule has 0 radical (unpaired) electrons. The quantitative estimate of drug-likeness (QED) is 0.784. The lowest BCUT2D eigenvalue weighted by Gasteiger charge is -2.41. The number of carbonyl (C=O) groups is 1. The van der Waals surface area contributed by atoms with E-state index in [0.717, 1.165) is 24.2 Å². The lowest BCUT2D eigenvalue weighted by molar-refractivity contribution is -0.139. The summed E-state index contributed by atoms with van der Waals surface area (Å²) in [7, 11) is 3.15. The average molecular weight is 386 g/mol. The van der Waals surface area contributed by atoms with Crippen LogP contribution in [0.4, 0.5) is 5.69 Å². The fraction of sp³-hybridized carbons (Fsp3) is 0.667. The molecule has 5 fully saturated rings. The minimum atomic E-state index is -0.737. The molecule has 1 N–H and O–H groups in total. The first kappa shape index (κ1) is 17.2. The Morgan fingerprint density at radius 3 is 2.89 bits per heavy atom. The van der Waals surface area contributed by atoms with E-state index < -0.39 is 5.41 Å². The Hall–Kier alpha value is -1.67. The molecule has 4 saturated heterocycles. The van der Waals surface area contributed by atoms with Gasteiger partial charge in [0.2, 0.25) is 0 Å². The molecule has 1 aromatic rings. The fourth-order valence-electron chi connectivity index (χ4n) is 7.02. The third kappa shape index (κ3) is 1.70. The summed E-state index contributed by atoms with van der Waals surface area (Å²) in [5.41, 5.74) is 0.885. The summed E-state index contributed by atoms with van der Waals surface area (Å²) < 4.78 is 11.7. The van der Waals surface area contributed by atoms with Crippen LogP contribution in [0.2, 0.25) is 0 Å². The second kappa shape index (κ2) is 5.27. The summed E-state index contributed by atoms with van der Waals surface area (Å²) in [5, 5.41) is 11.9. The maximum Gasteiger partial charge on any atom is 0.264 e. The third-order valence-corrected chi connectivity index (χ3v) is 8.32. The van der Waals surface area contributed by atoms with E-state index in [1.165, 1.54) is 12.2 Å². The van der Waals surface area contributed by atoms with E-state index in [-0.39, 0.29) is 29.7 Å². The molecule has 150 valence electrons. The summed E-state index contributed by atoms with van der Waals surface area (Å²) in [6.07, 6.45) is 0.962. The van der Waals surface area contributed by atoms with Crippen LogP contribution in [0.25, 0.3) is 0 Å². The van der Waals surface area contributed by atoms with Crippen molar-refractivity contribution in [1.29, 1.82) is 0 Å². The number of amides is 1. The van der Waals surface area contributed by atoms with Crippen LogP contribution in [0.3, 0.4) is 0 Å². The van der Waals surface area contributed by atoms with Crippen LogP contribution < -0.4 is 9.80 Å². The molecule has 6 aliphatic rings. The highest BCUT2D eigenvalue weighted by molar-refractivity contribution is 6.07. The van der Waals surface area contributed by atoms with E-state index in [0.29, 0.717) is 30.6 Å². The molecule has 28 heavy (non-hydrogen) atoms. The molecule has 1 saturated carbocycles. The standard InChI is InChI=1S/C21H26N2O5/c1-11(24)21-10-22(21)17-8-20(18-7-15(21)13(17)9-28-18)14-5-4-12(26-2)6-16(14)23(27-3)19(20)25/h4-6,11,13,15,17-18,24H,7-10H2,1-3H3/t11-,13-,15+,17-,18-,20-,21-,22?/m0/s1. The first-order chi connectivity index (χ1) is 13.5. The Morgan fingerprint density at radius 2 is 2.18 bits per heavy atom. The lowest BCUT2D eigenvalue weighted by atomic mass is 9.70. The first-order valence-electron chi connectivity index (χ1n) is 10.1. The molecule has 5 heterocycles. The van der Waals surface area contributed by atoms with Gasteiger partial charge in [0, 0.05) is 24.6 Å². The van der Waals surface area contributed by atoms with Gasteiger partial charge in [-0.25, -0.2) is 0 Å². The van der Waals surface area contributed by atoms with Crippen LogP contribution in [0, 0.1) is 11.8 Å². The Morgan fingerprint density at radius 1 is 1.36 bits per heavy atom. The zero-order valence-corrected chi connectivity index (χ0v) is 16.4. The maximum absolute atomic E-state index is 13.7. The van der Waals surface area contributed by atoms with Crippen molar-refractivity contribution in [3.63, 3.8) is 0 Å². The highest BCUT2D eigenvalue weighted by atomic mass is 16.7. The number of hydrogen-bond donors (Lipinski definition) is 1. The monoisotopic (exact) mass is 386 g/mol. The minimum Gasteiger partial charge on any atom is -0.497 e. The van der Waals surface area contributed by atoms with Gasteiger partial charge in [-0.15, -0.1) is 0 Å². The summed E-state index contributed by atoms with van der Waals surface area (Å²) in [4.78, 5) is 21.7. The van der Waals surface area contributed by atoms with Crippen molar-refractivity contribution in [2.75, 3.05) is 32.4 Å². The van der Waals surface area contributed by atoms with Gasteiger partial charge in [-0.1, -0.05) is 6.07 Å². The summed E-state index contributed by atoms with van der Waals surface area (Å²) in [6, 6.07) is 6.05. The number of piperidine rings is 1. The molecule has 4 bridgehead atoms. The molecule has 7 nitrogen and oxygen atoms in total. The molecule has 5 aliphatic heterocycles. The lowest BCUT2D eigenvalue weighted by Crippen LogP contribution is -2.53. The number of hydroxylamine groups is 1. The van der Waals surface area contributed by atoms with Crippen molar-refractivity contribution < 1.29 is 24.2 Å². The van der Waals surface area contributed by atoms with Crippen molar-refractivity contribution in [2.45, 2.75) is 49.0 Å². The molecule has 1 aliphatic carbocycles. The number of nitrogens with zero attached hydrogens (tertiary/aromatic N) is 2. The van der Waals surface area contributed by atoms with Gasteiger partial charge in [0.05, 0.1) is 44.3 Å². The number of aliphatic hydroxyl groups excluding tert-OH is 1. The molecule has 1 amide bonds. The Kier molecular flexibility index (Phi) is 3.24. The molecule has 1 unspecified atom stereocenters. The van der Waals surface area contributed by atoms with Crippen molar-refractivity contribution in [2.24, 2.45) is 11.8 Å². The Balaban J connectivity index is 1.50. The summed E-state index contributed by atoms with van der Waals surface area (Å²) in [6.45, 7) is 3.51. The van der Waals surface area contributed by atoms with Crippen LogP contribution in [-0.2, 0) is 19.8 Å². The Bertz CT molecular complexity index is 874. The van der Waals surface area contributed by atoms with Gasteiger partial charge < -0.3 is 14.6 Å². The van der Waals surface area contributed by atoms with Gasteiger partial charge >= 0.3 is 0 Å². The van der Waals surface area contributed by atoms with Crippen molar-refractivity contribution in [3.8, 4) is 5.75 Å². The fourth-order valence-corrected chi connectivity index (χ4v) is 7.02. The normalized spacial score (nSPS) is 45.8. The largest absolute Gasteiger partial charge is 0.497 e. The molecular weight excluding hydrogens is 360 g/mol. The molecule has 1 spiro atoms. The minimum absolute atomic E-state index is 0.0408. The number of ether oxygens (including phenoxy) is 2. The molecular formula is C21H26N2O5. The van der Waals surface area contributed by atoms with Crippen LogP contribution in [0.15, 0.2) is 18.2 Å². The first-order valence-corrected chi connectivity index (χ1v) is 10.1. The van der Waals surface area contributed by atoms with E-state index in [2.05, 4.69) is 4.90 Å². The molecule has 0 aromatic heterocycles. The number of hydrogen-bond acceptors (Lipinski definition) is 6. The van der Waals surface area contributed by atoms with E-state index >= 15 is 0 Å². The number of methoxy groups -OCH3 is 1. The van der Waals surface area contributed by atoms with Gasteiger partial charge in [-0.2, -0.15) is 5.06 Å². The summed E-state index contributed by atoms with van der Waals surface area (Å²) in [5.74, 6) is 1.41. The second-order valence-electron chi connectivity index (χ2n) is 9.03. The number of carbonyl (C=O) groups excluding carboxylic acids is 1. The van der Waals surface area contributed by atoms with E-state index in [9.17, 15) is 9.90 Å². The highest BCUT2D eigenvalue weighted by Crippen LogP contribution is 2.66. The third-order valence-electron chi connectivity index (χ3n) is 8.32. The van der Waals surface area contributed by atoms with Gasteiger partial charge in [0.15, 0.2) is 0 Å². The summed E-state index contributed by atoms with van der Waals surface area (Å²) >= 11 is 0. The topological polar surface area (TPSA) is 71.2 Å². The number of aliphatic hydroxyl groups is 1. The van der Waals surface area contributed by atoms with Crippen LogP contribution in [0.5, 0.6) is 5.75 Å². The van der Waals surface area contributed by atoms with Crippen LogP contribution in [0.1, 0.15) is 25.3 Å². The van der Waals surface area contributed by atoms with Gasteiger partial charge in [-0.05, 0) is 37.3 Å². The van der Waals surface area contributed by atoms with Crippen LogP contribution >= 0.6 is 0 Å². The van der Waals surface area contributed by atoms with Gasteiger partial charge in [0.1, 0.15) is 11.2 Å². The number of rotatable bonds is 3. The van der Waals surface area contributed by atoms with E-state index in [1.807, 2.05) is 25.1 Å². The second-order valence-corrected chi connectivity index (χ2v) is 9.03. The van der Waals surface area contributed by atoms with Crippen molar-refractivity contribution in [1.82, 2.24) is 4.90 Å².